The zero-order valence-corrected chi connectivity index (χ0v) is 12.5. The van der Waals surface area contributed by atoms with Crippen molar-refractivity contribution in [1.82, 2.24) is 10.0 Å². The summed E-state index contributed by atoms with van der Waals surface area (Å²) in [5.41, 5.74) is 2.52. The van der Waals surface area contributed by atoms with Crippen molar-refractivity contribution < 1.29 is 8.42 Å². The first kappa shape index (κ1) is 14.0. The number of rotatable bonds is 4. The molecule has 1 heterocycles. The topological polar surface area (TPSA) is 58.2 Å². The number of aryl methyl sites for hydroxylation is 2. The molecular weight excluding hydrogens is 272 g/mol. The molecular formula is C15H22N2O2S. The molecule has 110 valence electrons. The maximum atomic E-state index is 12.3. The maximum Gasteiger partial charge on any atom is 0.240 e. The molecule has 4 nitrogen and oxygen atoms in total. The van der Waals surface area contributed by atoms with Gasteiger partial charge < -0.3 is 5.32 Å². The third kappa shape index (κ3) is 3.05. The van der Waals surface area contributed by atoms with E-state index in [0.29, 0.717) is 11.4 Å². The fourth-order valence-corrected chi connectivity index (χ4v) is 4.23. The van der Waals surface area contributed by atoms with E-state index >= 15 is 0 Å². The fourth-order valence-electron chi connectivity index (χ4n) is 3.10. The number of nitrogens with one attached hydrogen (secondary N) is 2. The van der Waals surface area contributed by atoms with E-state index in [-0.39, 0.29) is 6.04 Å². The van der Waals surface area contributed by atoms with E-state index in [1.807, 2.05) is 12.1 Å². The lowest BCUT2D eigenvalue weighted by Crippen LogP contribution is -2.37. The lowest BCUT2D eigenvalue weighted by atomic mass is 9.92. The average Bonchev–Trinajstić information content (AvgIpc) is 2.98. The average molecular weight is 294 g/mol. The molecule has 0 aromatic heterocycles. The highest BCUT2D eigenvalue weighted by molar-refractivity contribution is 7.89. The van der Waals surface area contributed by atoms with Crippen LogP contribution in [0.2, 0.25) is 0 Å². The summed E-state index contributed by atoms with van der Waals surface area (Å²) in [6, 6.07) is 5.87. The van der Waals surface area contributed by atoms with Gasteiger partial charge in [0.05, 0.1) is 4.90 Å². The Morgan fingerprint density at radius 2 is 1.95 bits per heavy atom. The van der Waals surface area contributed by atoms with Gasteiger partial charge in [-0.25, -0.2) is 13.1 Å². The van der Waals surface area contributed by atoms with Gasteiger partial charge in [-0.1, -0.05) is 6.07 Å². The zero-order chi connectivity index (χ0) is 14.0. The second-order valence-electron chi connectivity index (χ2n) is 5.78. The summed E-state index contributed by atoms with van der Waals surface area (Å²) >= 11 is 0. The van der Waals surface area contributed by atoms with Gasteiger partial charge in [-0.05, 0) is 68.3 Å². The Bertz CT molecular complexity index is 578. The van der Waals surface area contributed by atoms with E-state index in [1.165, 1.54) is 17.5 Å². The second kappa shape index (κ2) is 5.84. The Kier molecular flexibility index (Phi) is 4.10. The molecule has 2 N–H and O–H groups in total. The molecule has 1 atom stereocenters. The standard InChI is InChI=1S/C15H22N2O2S/c18-20(19,17-11-14-6-3-9-16-14)15-8-7-12-4-1-2-5-13(12)10-15/h7-8,10,14,16-17H,1-6,9,11H2. The lowest BCUT2D eigenvalue weighted by molar-refractivity contribution is 0.551. The summed E-state index contributed by atoms with van der Waals surface area (Å²) in [5.74, 6) is 0. The van der Waals surface area contributed by atoms with Crippen LogP contribution in [-0.2, 0) is 22.9 Å². The SMILES string of the molecule is O=S(=O)(NCC1CCCN1)c1ccc2c(c1)CCCC2. The summed E-state index contributed by atoms with van der Waals surface area (Å²) < 4.78 is 27.4. The van der Waals surface area contributed by atoms with Crippen molar-refractivity contribution in [1.29, 1.82) is 0 Å². The van der Waals surface area contributed by atoms with Crippen LogP contribution in [0.4, 0.5) is 0 Å². The molecule has 0 spiro atoms. The highest BCUT2D eigenvalue weighted by atomic mass is 32.2. The van der Waals surface area contributed by atoms with E-state index in [1.54, 1.807) is 6.07 Å². The highest BCUT2D eigenvalue weighted by Crippen LogP contribution is 2.24. The monoisotopic (exact) mass is 294 g/mol. The largest absolute Gasteiger partial charge is 0.313 e. The van der Waals surface area contributed by atoms with Crippen LogP contribution < -0.4 is 10.0 Å². The minimum absolute atomic E-state index is 0.280. The van der Waals surface area contributed by atoms with Crippen molar-refractivity contribution in [2.24, 2.45) is 0 Å². The van der Waals surface area contributed by atoms with E-state index < -0.39 is 10.0 Å². The van der Waals surface area contributed by atoms with Gasteiger partial charge in [-0.3, -0.25) is 0 Å². The third-order valence-electron chi connectivity index (χ3n) is 4.31. The van der Waals surface area contributed by atoms with Crippen molar-refractivity contribution in [2.75, 3.05) is 13.1 Å². The molecule has 0 saturated carbocycles. The molecule has 20 heavy (non-hydrogen) atoms. The minimum atomic E-state index is -3.37. The van der Waals surface area contributed by atoms with E-state index in [2.05, 4.69) is 10.0 Å². The van der Waals surface area contributed by atoms with Gasteiger partial charge in [0, 0.05) is 12.6 Å². The second-order valence-corrected chi connectivity index (χ2v) is 7.55. The molecule has 1 aromatic rings. The van der Waals surface area contributed by atoms with Crippen LogP contribution in [0.25, 0.3) is 0 Å². The smallest absolute Gasteiger partial charge is 0.240 e. The molecule has 0 radical (unpaired) electrons. The molecule has 1 unspecified atom stereocenters. The normalized spacial score (nSPS) is 22.7. The minimum Gasteiger partial charge on any atom is -0.313 e. The van der Waals surface area contributed by atoms with Gasteiger partial charge in [-0.15, -0.1) is 0 Å². The third-order valence-corrected chi connectivity index (χ3v) is 5.73. The molecule has 5 heteroatoms. The summed E-state index contributed by atoms with van der Waals surface area (Å²) in [7, 11) is -3.37. The molecule has 0 amide bonds. The molecule has 2 aliphatic rings. The highest BCUT2D eigenvalue weighted by Gasteiger charge is 2.20. The lowest BCUT2D eigenvalue weighted by Gasteiger charge is -2.17. The van der Waals surface area contributed by atoms with Crippen LogP contribution in [0.3, 0.4) is 0 Å². The first-order valence-corrected chi connectivity index (χ1v) is 8.98. The molecule has 1 aromatic carbocycles. The van der Waals surface area contributed by atoms with Crippen LogP contribution in [0.5, 0.6) is 0 Å². The van der Waals surface area contributed by atoms with Crippen molar-refractivity contribution in [3.63, 3.8) is 0 Å². The van der Waals surface area contributed by atoms with E-state index in [0.717, 1.165) is 38.6 Å². The van der Waals surface area contributed by atoms with Crippen molar-refractivity contribution >= 4 is 10.0 Å². The molecule has 0 bridgehead atoms. The molecule has 1 saturated heterocycles. The van der Waals surface area contributed by atoms with Crippen LogP contribution in [0.1, 0.15) is 36.8 Å². The Balaban J connectivity index is 1.73. The predicted molar refractivity (Wildman–Crippen MR) is 79.3 cm³/mol. The van der Waals surface area contributed by atoms with Gasteiger partial charge in [0.15, 0.2) is 0 Å². The zero-order valence-electron chi connectivity index (χ0n) is 11.7. The van der Waals surface area contributed by atoms with Crippen LogP contribution in [0, 0.1) is 0 Å². The maximum absolute atomic E-state index is 12.3. The van der Waals surface area contributed by atoms with Gasteiger partial charge in [0.1, 0.15) is 0 Å². The van der Waals surface area contributed by atoms with E-state index in [4.69, 9.17) is 0 Å². The van der Waals surface area contributed by atoms with Crippen molar-refractivity contribution in [3.05, 3.63) is 29.3 Å². The Labute approximate surface area is 121 Å². The molecule has 3 rings (SSSR count). The van der Waals surface area contributed by atoms with E-state index in [9.17, 15) is 8.42 Å². The number of sulfonamides is 1. The summed E-state index contributed by atoms with van der Waals surface area (Å²) in [4.78, 5) is 0.413. The van der Waals surface area contributed by atoms with Gasteiger partial charge in [0.25, 0.3) is 0 Å². The Hall–Kier alpha value is -0.910. The number of hydrogen-bond acceptors (Lipinski definition) is 3. The molecule has 1 aliphatic carbocycles. The van der Waals surface area contributed by atoms with Gasteiger partial charge in [0.2, 0.25) is 10.0 Å². The van der Waals surface area contributed by atoms with Gasteiger partial charge in [-0.2, -0.15) is 0 Å². The Morgan fingerprint density at radius 3 is 2.70 bits per heavy atom. The van der Waals surface area contributed by atoms with Crippen molar-refractivity contribution in [3.8, 4) is 0 Å². The predicted octanol–water partition coefficient (Wildman–Crippen LogP) is 1.60. The molecule has 1 aliphatic heterocycles. The fraction of sp³-hybridized carbons (Fsp3) is 0.600. The summed E-state index contributed by atoms with van der Waals surface area (Å²) in [5, 5.41) is 3.30. The quantitative estimate of drug-likeness (QED) is 0.887. The van der Waals surface area contributed by atoms with Crippen LogP contribution in [-0.4, -0.2) is 27.5 Å². The van der Waals surface area contributed by atoms with Crippen LogP contribution >= 0.6 is 0 Å². The van der Waals surface area contributed by atoms with Crippen LogP contribution in [0.15, 0.2) is 23.1 Å². The first-order valence-electron chi connectivity index (χ1n) is 7.50. The summed E-state index contributed by atoms with van der Waals surface area (Å²) in [6.45, 7) is 1.48. The van der Waals surface area contributed by atoms with Gasteiger partial charge >= 0.3 is 0 Å². The number of benzene rings is 1. The number of hydrogen-bond donors (Lipinski definition) is 2. The Morgan fingerprint density at radius 1 is 1.15 bits per heavy atom. The number of fused-ring (bicyclic) bond motifs is 1. The molecule has 1 fully saturated rings. The van der Waals surface area contributed by atoms with Crippen molar-refractivity contribution in [2.45, 2.75) is 49.5 Å². The first-order chi connectivity index (χ1) is 9.65. The summed E-state index contributed by atoms with van der Waals surface area (Å²) in [6.07, 6.45) is 6.64.